The Hall–Kier alpha value is -1.62. The molecule has 1 unspecified atom stereocenters. The van der Waals surface area contributed by atoms with Gasteiger partial charge in [-0.1, -0.05) is 13.8 Å². The molecule has 0 saturated heterocycles. The summed E-state index contributed by atoms with van der Waals surface area (Å²) < 4.78 is 18.1. The lowest BCUT2D eigenvalue weighted by molar-refractivity contribution is -0.122. The molecule has 1 aromatic carbocycles. The van der Waals surface area contributed by atoms with E-state index in [4.69, 9.17) is 10.5 Å². The fraction of sp³-hybridized carbons (Fsp3) is 0.562. The number of ether oxygens (including phenoxy) is 1. The first kappa shape index (κ1) is 17.4. The van der Waals surface area contributed by atoms with E-state index >= 15 is 0 Å². The molecular weight excluding hydrogens is 271 g/mol. The molecule has 0 aliphatic carbocycles. The van der Waals surface area contributed by atoms with Crippen molar-refractivity contribution >= 4 is 5.91 Å². The SMILES string of the molecule is CC(C)CC(CN)NC(=O)CCCOc1ccc(F)cc1. The van der Waals surface area contributed by atoms with Crippen LogP contribution in [0.5, 0.6) is 5.75 Å². The summed E-state index contributed by atoms with van der Waals surface area (Å²) in [6.07, 6.45) is 1.90. The molecule has 5 heteroatoms. The van der Waals surface area contributed by atoms with Crippen molar-refractivity contribution in [3.8, 4) is 5.75 Å². The minimum Gasteiger partial charge on any atom is -0.494 e. The number of carbonyl (C=O) groups excluding carboxylic acids is 1. The summed E-state index contributed by atoms with van der Waals surface area (Å²) >= 11 is 0. The van der Waals surface area contributed by atoms with Gasteiger partial charge in [0.2, 0.25) is 5.91 Å². The normalized spacial score (nSPS) is 12.2. The van der Waals surface area contributed by atoms with Crippen LogP contribution in [0.1, 0.15) is 33.1 Å². The summed E-state index contributed by atoms with van der Waals surface area (Å²) in [5.74, 6) is 0.811. The van der Waals surface area contributed by atoms with Gasteiger partial charge in [0.05, 0.1) is 6.61 Å². The van der Waals surface area contributed by atoms with Gasteiger partial charge in [0.1, 0.15) is 11.6 Å². The van der Waals surface area contributed by atoms with Crippen LogP contribution in [0.25, 0.3) is 0 Å². The quantitative estimate of drug-likeness (QED) is 0.688. The van der Waals surface area contributed by atoms with Crippen LogP contribution >= 0.6 is 0 Å². The van der Waals surface area contributed by atoms with Crippen LogP contribution in [0.15, 0.2) is 24.3 Å². The smallest absolute Gasteiger partial charge is 0.220 e. The number of amides is 1. The number of hydrogen-bond acceptors (Lipinski definition) is 3. The van der Waals surface area contributed by atoms with E-state index in [-0.39, 0.29) is 17.8 Å². The number of nitrogens with two attached hydrogens (primary N) is 1. The van der Waals surface area contributed by atoms with Gasteiger partial charge in [-0.15, -0.1) is 0 Å². The summed E-state index contributed by atoms with van der Waals surface area (Å²) in [6, 6.07) is 5.88. The van der Waals surface area contributed by atoms with Crippen molar-refractivity contribution in [2.24, 2.45) is 11.7 Å². The predicted octanol–water partition coefficient (Wildman–Crippen LogP) is 2.47. The Balaban J connectivity index is 2.19. The molecule has 4 nitrogen and oxygen atoms in total. The molecule has 0 aliphatic heterocycles. The highest BCUT2D eigenvalue weighted by molar-refractivity contribution is 5.76. The number of nitrogens with one attached hydrogen (secondary N) is 1. The highest BCUT2D eigenvalue weighted by atomic mass is 19.1. The van der Waals surface area contributed by atoms with E-state index in [0.717, 1.165) is 6.42 Å². The van der Waals surface area contributed by atoms with E-state index in [2.05, 4.69) is 19.2 Å². The Morgan fingerprint density at radius 3 is 2.57 bits per heavy atom. The first-order valence-electron chi connectivity index (χ1n) is 7.39. The largest absolute Gasteiger partial charge is 0.494 e. The maximum absolute atomic E-state index is 12.7. The van der Waals surface area contributed by atoms with Gasteiger partial charge in [0.15, 0.2) is 0 Å². The minimum atomic E-state index is -0.292. The number of halogens is 1. The second-order valence-electron chi connectivity index (χ2n) is 5.54. The second-order valence-corrected chi connectivity index (χ2v) is 5.54. The fourth-order valence-corrected chi connectivity index (χ4v) is 2.04. The molecule has 0 heterocycles. The zero-order valence-electron chi connectivity index (χ0n) is 12.8. The molecule has 0 saturated carbocycles. The maximum atomic E-state index is 12.7. The average Bonchev–Trinajstić information content (AvgIpc) is 2.44. The highest BCUT2D eigenvalue weighted by Crippen LogP contribution is 2.11. The highest BCUT2D eigenvalue weighted by Gasteiger charge is 2.12. The molecule has 0 radical (unpaired) electrons. The molecule has 0 bridgehead atoms. The van der Waals surface area contributed by atoms with Gasteiger partial charge in [0, 0.05) is 19.0 Å². The van der Waals surface area contributed by atoms with Crippen molar-refractivity contribution in [3.05, 3.63) is 30.1 Å². The molecule has 0 fully saturated rings. The van der Waals surface area contributed by atoms with Crippen LogP contribution in [0.4, 0.5) is 4.39 Å². The van der Waals surface area contributed by atoms with Crippen molar-refractivity contribution in [3.63, 3.8) is 0 Å². The Bertz CT molecular complexity index is 421. The van der Waals surface area contributed by atoms with Crippen LogP contribution in [-0.2, 0) is 4.79 Å². The van der Waals surface area contributed by atoms with Crippen LogP contribution in [0, 0.1) is 11.7 Å². The number of carbonyl (C=O) groups is 1. The topological polar surface area (TPSA) is 64.3 Å². The third kappa shape index (κ3) is 7.66. The van der Waals surface area contributed by atoms with Crippen molar-refractivity contribution in [1.82, 2.24) is 5.32 Å². The summed E-state index contributed by atoms with van der Waals surface area (Å²) in [5, 5.41) is 2.94. The molecule has 0 aromatic heterocycles. The Labute approximate surface area is 125 Å². The average molecular weight is 296 g/mol. The van der Waals surface area contributed by atoms with E-state index in [0.29, 0.717) is 37.7 Å². The monoisotopic (exact) mass is 296 g/mol. The Kier molecular flexibility index (Phi) is 7.75. The fourth-order valence-electron chi connectivity index (χ4n) is 2.04. The first-order chi connectivity index (χ1) is 10.0. The van der Waals surface area contributed by atoms with Gasteiger partial charge in [-0.05, 0) is 43.0 Å². The predicted molar refractivity (Wildman–Crippen MR) is 81.6 cm³/mol. The van der Waals surface area contributed by atoms with E-state index < -0.39 is 0 Å². The van der Waals surface area contributed by atoms with Crippen molar-refractivity contribution in [1.29, 1.82) is 0 Å². The Morgan fingerprint density at radius 1 is 1.33 bits per heavy atom. The van der Waals surface area contributed by atoms with E-state index in [9.17, 15) is 9.18 Å². The van der Waals surface area contributed by atoms with Gasteiger partial charge in [0.25, 0.3) is 0 Å². The molecule has 1 amide bonds. The molecule has 1 atom stereocenters. The van der Waals surface area contributed by atoms with Gasteiger partial charge < -0.3 is 15.8 Å². The lowest BCUT2D eigenvalue weighted by Gasteiger charge is -2.18. The number of hydrogen-bond donors (Lipinski definition) is 2. The summed E-state index contributed by atoms with van der Waals surface area (Å²) in [4.78, 5) is 11.8. The zero-order valence-corrected chi connectivity index (χ0v) is 12.8. The maximum Gasteiger partial charge on any atom is 0.220 e. The lowest BCUT2D eigenvalue weighted by Crippen LogP contribution is -2.41. The van der Waals surface area contributed by atoms with Crippen molar-refractivity contribution < 1.29 is 13.9 Å². The number of rotatable bonds is 9. The molecule has 3 N–H and O–H groups in total. The molecule has 0 aliphatic rings. The standard InChI is InChI=1S/C16H25FN2O2/c1-12(2)10-14(11-18)19-16(20)4-3-9-21-15-7-5-13(17)6-8-15/h5-8,12,14H,3-4,9-11,18H2,1-2H3,(H,19,20). The lowest BCUT2D eigenvalue weighted by atomic mass is 10.0. The van der Waals surface area contributed by atoms with Gasteiger partial charge in [-0.25, -0.2) is 4.39 Å². The zero-order chi connectivity index (χ0) is 15.7. The molecular formula is C16H25FN2O2. The molecule has 1 aromatic rings. The van der Waals surface area contributed by atoms with E-state index in [1.165, 1.54) is 12.1 Å². The van der Waals surface area contributed by atoms with Gasteiger partial charge in [-0.3, -0.25) is 4.79 Å². The summed E-state index contributed by atoms with van der Waals surface area (Å²) in [7, 11) is 0. The van der Waals surface area contributed by atoms with Crippen LogP contribution in [0.3, 0.4) is 0 Å². The Morgan fingerprint density at radius 2 is 2.00 bits per heavy atom. The van der Waals surface area contributed by atoms with Gasteiger partial charge >= 0.3 is 0 Å². The van der Waals surface area contributed by atoms with Crippen LogP contribution in [-0.4, -0.2) is 25.1 Å². The van der Waals surface area contributed by atoms with Crippen molar-refractivity contribution in [2.75, 3.05) is 13.2 Å². The van der Waals surface area contributed by atoms with E-state index in [1.54, 1.807) is 12.1 Å². The van der Waals surface area contributed by atoms with Gasteiger partial charge in [-0.2, -0.15) is 0 Å². The summed E-state index contributed by atoms with van der Waals surface area (Å²) in [6.45, 7) is 5.09. The van der Waals surface area contributed by atoms with Crippen LogP contribution < -0.4 is 15.8 Å². The summed E-state index contributed by atoms with van der Waals surface area (Å²) in [5.41, 5.74) is 5.64. The van der Waals surface area contributed by atoms with Crippen LogP contribution in [0.2, 0.25) is 0 Å². The molecule has 1 rings (SSSR count). The van der Waals surface area contributed by atoms with E-state index in [1.807, 2.05) is 0 Å². The third-order valence-corrected chi connectivity index (χ3v) is 3.04. The van der Waals surface area contributed by atoms with Crippen molar-refractivity contribution in [2.45, 2.75) is 39.2 Å². The molecule has 118 valence electrons. The second kappa shape index (κ2) is 9.34. The number of benzene rings is 1. The molecule has 21 heavy (non-hydrogen) atoms. The minimum absolute atomic E-state index is 0.00574. The first-order valence-corrected chi connectivity index (χ1v) is 7.39. The molecule has 0 spiro atoms. The third-order valence-electron chi connectivity index (χ3n) is 3.04.